The molecule has 0 bridgehead atoms. The van der Waals surface area contributed by atoms with Crippen LogP contribution in [-0.2, 0) is 27.4 Å². The molecule has 174 valence electrons. The number of aryl methyl sites for hydroxylation is 1. The van der Waals surface area contributed by atoms with E-state index in [-0.39, 0.29) is 36.6 Å². The number of carbonyl (C=O) groups is 1. The normalized spacial score (nSPS) is 18.1. The summed E-state index contributed by atoms with van der Waals surface area (Å²) in [6, 6.07) is 6.54. The lowest BCUT2D eigenvalue weighted by molar-refractivity contribution is -0.140. The zero-order valence-corrected chi connectivity index (χ0v) is 18.2. The molecule has 11 heteroatoms. The van der Waals surface area contributed by atoms with Crippen LogP contribution in [0.3, 0.4) is 0 Å². The predicted octanol–water partition coefficient (Wildman–Crippen LogP) is 3.68. The van der Waals surface area contributed by atoms with Crippen LogP contribution in [0.25, 0.3) is 0 Å². The summed E-state index contributed by atoms with van der Waals surface area (Å²) in [7, 11) is -3.92. The van der Waals surface area contributed by atoms with E-state index in [1.165, 1.54) is 22.5 Å². The van der Waals surface area contributed by atoms with E-state index in [0.29, 0.717) is 17.2 Å². The number of rotatable bonds is 5. The van der Waals surface area contributed by atoms with Crippen LogP contribution in [-0.4, -0.2) is 49.5 Å². The summed E-state index contributed by atoms with van der Waals surface area (Å²) in [5, 5.41) is 9.03. The van der Waals surface area contributed by atoms with E-state index in [1.54, 1.807) is 24.8 Å². The van der Waals surface area contributed by atoms with Gasteiger partial charge >= 0.3 is 12.1 Å². The number of hydrogen-bond acceptors (Lipinski definition) is 4. The third kappa shape index (κ3) is 4.88. The van der Waals surface area contributed by atoms with Crippen molar-refractivity contribution in [1.82, 2.24) is 4.31 Å². The van der Waals surface area contributed by atoms with Crippen LogP contribution in [0.5, 0.6) is 0 Å². The molecule has 0 spiro atoms. The van der Waals surface area contributed by atoms with Crippen molar-refractivity contribution in [3.05, 3.63) is 58.9 Å². The Balaban J connectivity index is 1.81. The Morgan fingerprint density at radius 1 is 1.16 bits per heavy atom. The summed E-state index contributed by atoms with van der Waals surface area (Å²) in [4.78, 5) is 12.7. The lowest BCUT2D eigenvalue weighted by Crippen LogP contribution is -2.53. The van der Waals surface area contributed by atoms with Gasteiger partial charge in [-0.15, -0.1) is 0 Å². The number of piperazine rings is 1. The summed E-state index contributed by atoms with van der Waals surface area (Å²) in [6.45, 7) is 3.62. The Bertz CT molecular complexity index is 1140. The minimum absolute atomic E-state index is 0.0272. The van der Waals surface area contributed by atoms with Crippen LogP contribution in [0.15, 0.2) is 41.3 Å². The first-order valence-corrected chi connectivity index (χ1v) is 11.2. The Labute approximate surface area is 183 Å². The van der Waals surface area contributed by atoms with Crippen molar-refractivity contribution >= 4 is 21.7 Å². The Morgan fingerprint density at radius 2 is 1.84 bits per heavy atom. The standard InChI is InChI=1S/C21H22F4N2O4S/c1-13-3-5-17(9-15(13)10-20(28)29)32(30,31)26-7-8-27(14(2)12-26)16-4-6-18(19(22)11-16)21(23,24)25/h3-6,9,11,14H,7-8,10,12H2,1-2H3,(H,28,29). The monoisotopic (exact) mass is 474 g/mol. The van der Waals surface area contributed by atoms with Gasteiger partial charge in [-0.05, 0) is 55.3 Å². The first-order valence-electron chi connectivity index (χ1n) is 9.75. The molecular weight excluding hydrogens is 452 g/mol. The van der Waals surface area contributed by atoms with E-state index in [2.05, 4.69) is 0 Å². The number of carboxylic acid groups (broad SMARTS) is 1. The molecule has 0 aliphatic carbocycles. The van der Waals surface area contributed by atoms with E-state index in [0.717, 1.165) is 6.07 Å². The number of hydrogen-bond donors (Lipinski definition) is 1. The third-order valence-corrected chi connectivity index (χ3v) is 7.34. The molecule has 1 saturated heterocycles. The molecule has 1 aliphatic heterocycles. The second-order valence-electron chi connectivity index (χ2n) is 7.73. The van der Waals surface area contributed by atoms with E-state index >= 15 is 0 Å². The molecule has 1 aliphatic rings. The minimum atomic E-state index is -4.80. The predicted molar refractivity (Wildman–Crippen MR) is 109 cm³/mol. The average Bonchev–Trinajstić information content (AvgIpc) is 2.68. The molecule has 1 atom stereocenters. The molecule has 0 saturated carbocycles. The maximum absolute atomic E-state index is 14.0. The molecule has 2 aromatic carbocycles. The van der Waals surface area contributed by atoms with Crippen molar-refractivity contribution in [3.8, 4) is 0 Å². The SMILES string of the molecule is Cc1ccc(S(=O)(=O)N2CCN(c3ccc(C(F)(F)F)c(F)c3)C(C)C2)cc1CC(=O)O. The second kappa shape index (κ2) is 8.70. The molecule has 0 amide bonds. The van der Waals surface area contributed by atoms with Crippen molar-refractivity contribution in [3.63, 3.8) is 0 Å². The number of sulfonamides is 1. The lowest BCUT2D eigenvalue weighted by atomic mass is 10.1. The molecule has 0 radical (unpaired) electrons. The number of alkyl halides is 3. The van der Waals surface area contributed by atoms with Crippen molar-refractivity contribution in [2.24, 2.45) is 0 Å². The van der Waals surface area contributed by atoms with Crippen LogP contribution in [0.2, 0.25) is 0 Å². The molecule has 2 aromatic rings. The smallest absolute Gasteiger partial charge is 0.419 e. The summed E-state index contributed by atoms with van der Waals surface area (Å²) in [5.41, 5.74) is -0.0647. The van der Waals surface area contributed by atoms with E-state index in [1.807, 2.05) is 0 Å². The molecule has 1 heterocycles. The molecule has 6 nitrogen and oxygen atoms in total. The minimum Gasteiger partial charge on any atom is -0.481 e. The highest BCUT2D eigenvalue weighted by Gasteiger charge is 2.36. The number of nitrogens with zero attached hydrogens (tertiary/aromatic N) is 2. The second-order valence-corrected chi connectivity index (χ2v) is 9.66. The number of carboxylic acids is 1. The van der Waals surface area contributed by atoms with Crippen molar-refractivity contribution < 1.29 is 35.9 Å². The summed E-state index contributed by atoms with van der Waals surface area (Å²) < 4.78 is 79.9. The fourth-order valence-electron chi connectivity index (χ4n) is 3.75. The first-order chi connectivity index (χ1) is 14.8. The van der Waals surface area contributed by atoms with Crippen LogP contribution in [0.1, 0.15) is 23.6 Å². The topological polar surface area (TPSA) is 77.9 Å². The number of aliphatic carboxylic acids is 1. The molecule has 32 heavy (non-hydrogen) atoms. The first kappa shape index (κ1) is 24.0. The van der Waals surface area contributed by atoms with Gasteiger partial charge in [-0.3, -0.25) is 4.79 Å². The van der Waals surface area contributed by atoms with Gasteiger partial charge in [0.15, 0.2) is 0 Å². The van der Waals surface area contributed by atoms with Crippen molar-refractivity contribution in [2.45, 2.75) is 37.4 Å². The highest BCUT2D eigenvalue weighted by Crippen LogP contribution is 2.34. The van der Waals surface area contributed by atoms with Crippen LogP contribution >= 0.6 is 0 Å². The van der Waals surface area contributed by atoms with Gasteiger partial charge in [-0.1, -0.05) is 6.07 Å². The van der Waals surface area contributed by atoms with Gasteiger partial charge in [0.2, 0.25) is 10.0 Å². The van der Waals surface area contributed by atoms with E-state index < -0.39 is 39.6 Å². The average molecular weight is 474 g/mol. The van der Waals surface area contributed by atoms with Crippen LogP contribution in [0, 0.1) is 12.7 Å². The zero-order chi connectivity index (χ0) is 23.8. The fourth-order valence-corrected chi connectivity index (χ4v) is 5.31. The quantitative estimate of drug-likeness (QED) is 0.669. The zero-order valence-electron chi connectivity index (χ0n) is 17.4. The van der Waals surface area contributed by atoms with Crippen LogP contribution in [0.4, 0.5) is 23.2 Å². The van der Waals surface area contributed by atoms with Crippen molar-refractivity contribution in [1.29, 1.82) is 0 Å². The van der Waals surface area contributed by atoms with Gasteiger partial charge in [0, 0.05) is 31.4 Å². The molecular formula is C21H22F4N2O4S. The molecule has 1 unspecified atom stereocenters. The molecule has 1 fully saturated rings. The largest absolute Gasteiger partial charge is 0.481 e. The fraction of sp³-hybridized carbons (Fsp3) is 0.381. The van der Waals surface area contributed by atoms with Gasteiger partial charge in [-0.25, -0.2) is 12.8 Å². The van der Waals surface area contributed by atoms with Gasteiger partial charge in [0.1, 0.15) is 5.82 Å². The summed E-state index contributed by atoms with van der Waals surface area (Å²) >= 11 is 0. The van der Waals surface area contributed by atoms with Crippen LogP contribution < -0.4 is 4.90 Å². The lowest BCUT2D eigenvalue weighted by Gasteiger charge is -2.40. The van der Waals surface area contributed by atoms with Gasteiger partial charge < -0.3 is 10.0 Å². The summed E-state index contributed by atoms with van der Waals surface area (Å²) in [6.07, 6.45) is -5.10. The maximum atomic E-state index is 14.0. The Morgan fingerprint density at radius 3 is 2.41 bits per heavy atom. The van der Waals surface area contributed by atoms with Gasteiger partial charge in [-0.2, -0.15) is 17.5 Å². The molecule has 0 aromatic heterocycles. The highest BCUT2D eigenvalue weighted by molar-refractivity contribution is 7.89. The van der Waals surface area contributed by atoms with Crippen molar-refractivity contribution in [2.75, 3.05) is 24.5 Å². The Hall–Kier alpha value is -2.66. The highest BCUT2D eigenvalue weighted by atomic mass is 32.2. The number of anilines is 1. The molecule has 3 rings (SSSR count). The number of benzene rings is 2. The maximum Gasteiger partial charge on any atom is 0.419 e. The number of halogens is 4. The summed E-state index contributed by atoms with van der Waals surface area (Å²) in [5.74, 6) is -2.46. The van der Waals surface area contributed by atoms with Gasteiger partial charge in [0.25, 0.3) is 0 Å². The Kier molecular flexibility index (Phi) is 6.52. The van der Waals surface area contributed by atoms with E-state index in [9.17, 15) is 30.8 Å². The van der Waals surface area contributed by atoms with Gasteiger partial charge in [0.05, 0.1) is 16.9 Å². The third-order valence-electron chi connectivity index (χ3n) is 5.48. The van der Waals surface area contributed by atoms with E-state index in [4.69, 9.17) is 5.11 Å². The molecule has 1 N–H and O–H groups in total.